The minimum atomic E-state index is -4.45. The topological polar surface area (TPSA) is 20.3 Å². The van der Waals surface area contributed by atoms with E-state index in [1.54, 1.807) is 0 Å². The lowest BCUT2D eigenvalue weighted by Gasteiger charge is -2.32. The van der Waals surface area contributed by atoms with Crippen LogP contribution < -0.4 is 4.90 Å². The first-order chi connectivity index (χ1) is 9.38. The molecule has 2 atom stereocenters. The highest BCUT2D eigenvalue weighted by Gasteiger charge is 2.39. The molecular formula is C15H18F3NO. The number of benzene rings is 1. The zero-order valence-electron chi connectivity index (χ0n) is 11.6. The molecule has 1 heterocycles. The van der Waals surface area contributed by atoms with Crippen LogP contribution in [0, 0.1) is 0 Å². The van der Waals surface area contributed by atoms with Crippen molar-refractivity contribution >= 4 is 12.0 Å². The molecule has 20 heavy (non-hydrogen) atoms. The molecule has 0 aliphatic carbocycles. The summed E-state index contributed by atoms with van der Waals surface area (Å²) in [5.74, 6) is 0. The van der Waals surface area contributed by atoms with Gasteiger partial charge in [-0.05, 0) is 44.4 Å². The summed E-state index contributed by atoms with van der Waals surface area (Å²) < 4.78 is 39.7. The summed E-state index contributed by atoms with van der Waals surface area (Å²) in [5.41, 5.74) is -0.463. The van der Waals surface area contributed by atoms with Gasteiger partial charge in [-0.1, -0.05) is 6.92 Å². The first-order valence-corrected chi connectivity index (χ1v) is 6.83. The number of hydrogen-bond acceptors (Lipinski definition) is 2. The standard InChI is InChI=1S/C15H18F3NO/c1-3-12-6-4-10(2)19(12)14-7-5-11(9-20)8-13(14)15(16,17)18/h5,7-10,12H,3-4,6H2,1-2H3. The highest BCUT2D eigenvalue weighted by molar-refractivity contribution is 5.77. The number of halogens is 3. The summed E-state index contributed by atoms with van der Waals surface area (Å²) >= 11 is 0. The van der Waals surface area contributed by atoms with Crippen molar-refractivity contribution in [3.63, 3.8) is 0 Å². The van der Waals surface area contributed by atoms with Gasteiger partial charge in [-0.25, -0.2) is 0 Å². The van der Waals surface area contributed by atoms with E-state index >= 15 is 0 Å². The number of anilines is 1. The zero-order chi connectivity index (χ0) is 14.9. The molecule has 0 bridgehead atoms. The summed E-state index contributed by atoms with van der Waals surface area (Å²) in [7, 11) is 0. The summed E-state index contributed by atoms with van der Waals surface area (Å²) in [6.45, 7) is 3.94. The van der Waals surface area contributed by atoms with Crippen molar-refractivity contribution in [3.8, 4) is 0 Å². The molecule has 0 aromatic heterocycles. The number of hydrogen-bond donors (Lipinski definition) is 0. The SMILES string of the molecule is CCC1CCC(C)N1c1ccc(C=O)cc1C(F)(F)F. The van der Waals surface area contributed by atoms with Gasteiger partial charge in [0.25, 0.3) is 0 Å². The Bertz CT molecular complexity index is 498. The number of aldehydes is 1. The molecule has 1 aromatic carbocycles. The van der Waals surface area contributed by atoms with Crippen LogP contribution in [0.1, 0.15) is 49.0 Å². The van der Waals surface area contributed by atoms with Crippen molar-refractivity contribution < 1.29 is 18.0 Å². The molecule has 2 nitrogen and oxygen atoms in total. The van der Waals surface area contributed by atoms with Gasteiger partial charge in [-0.2, -0.15) is 13.2 Å². The number of carbonyl (C=O) groups excluding carboxylic acids is 1. The molecule has 1 aliphatic heterocycles. The monoisotopic (exact) mass is 285 g/mol. The molecule has 0 N–H and O–H groups in total. The van der Waals surface area contributed by atoms with E-state index in [-0.39, 0.29) is 23.3 Å². The summed E-state index contributed by atoms with van der Waals surface area (Å²) in [6.07, 6.45) is -1.38. The van der Waals surface area contributed by atoms with Gasteiger partial charge in [0.05, 0.1) is 5.56 Å². The van der Waals surface area contributed by atoms with Crippen molar-refractivity contribution in [2.24, 2.45) is 0 Å². The van der Waals surface area contributed by atoms with E-state index in [0.29, 0.717) is 6.29 Å². The van der Waals surface area contributed by atoms with Crippen LogP contribution in [0.4, 0.5) is 18.9 Å². The molecule has 0 saturated carbocycles. The largest absolute Gasteiger partial charge is 0.418 e. The summed E-state index contributed by atoms with van der Waals surface area (Å²) in [4.78, 5) is 12.6. The first-order valence-electron chi connectivity index (χ1n) is 6.83. The molecule has 5 heteroatoms. The van der Waals surface area contributed by atoms with Crippen LogP contribution in [0.25, 0.3) is 0 Å². The Morgan fingerprint density at radius 1 is 1.35 bits per heavy atom. The highest BCUT2D eigenvalue weighted by atomic mass is 19.4. The fraction of sp³-hybridized carbons (Fsp3) is 0.533. The minimum absolute atomic E-state index is 0.0565. The fourth-order valence-electron chi connectivity index (χ4n) is 2.99. The van der Waals surface area contributed by atoms with Gasteiger partial charge >= 0.3 is 6.18 Å². The molecule has 0 amide bonds. The van der Waals surface area contributed by atoms with Gasteiger partial charge in [0.15, 0.2) is 0 Å². The molecule has 0 spiro atoms. The van der Waals surface area contributed by atoms with Gasteiger partial charge < -0.3 is 4.90 Å². The van der Waals surface area contributed by atoms with E-state index in [9.17, 15) is 18.0 Å². The quantitative estimate of drug-likeness (QED) is 0.772. The Hall–Kier alpha value is -1.52. The van der Waals surface area contributed by atoms with Crippen LogP contribution in [0.5, 0.6) is 0 Å². The maximum Gasteiger partial charge on any atom is 0.418 e. The van der Waals surface area contributed by atoms with Crippen molar-refractivity contribution in [3.05, 3.63) is 29.3 Å². The van der Waals surface area contributed by atoms with Crippen LogP contribution in [-0.4, -0.2) is 18.4 Å². The molecular weight excluding hydrogens is 267 g/mol. The number of rotatable bonds is 3. The van der Waals surface area contributed by atoms with Crippen molar-refractivity contribution in [2.75, 3.05) is 4.90 Å². The second kappa shape index (κ2) is 5.46. The van der Waals surface area contributed by atoms with Gasteiger partial charge in [0.2, 0.25) is 0 Å². The van der Waals surface area contributed by atoms with E-state index in [1.165, 1.54) is 12.1 Å². The molecule has 2 rings (SSSR count). The Kier molecular flexibility index (Phi) is 4.06. The predicted molar refractivity (Wildman–Crippen MR) is 72.1 cm³/mol. The molecule has 1 aromatic rings. The average Bonchev–Trinajstić information content (AvgIpc) is 2.78. The third-order valence-corrected chi connectivity index (χ3v) is 4.00. The maximum atomic E-state index is 13.2. The minimum Gasteiger partial charge on any atom is -0.365 e. The second-order valence-corrected chi connectivity index (χ2v) is 5.29. The third-order valence-electron chi connectivity index (χ3n) is 4.00. The lowest BCUT2D eigenvalue weighted by Crippen LogP contribution is -2.35. The van der Waals surface area contributed by atoms with Crippen molar-refractivity contribution in [1.82, 2.24) is 0 Å². The molecule has 1 saturated heterocycles. The second-order valence-electron chi connectivity index (χ2n) is 5.29. The van der Waals surface area contributed by atoms with Gasteiger partial charge in [0.1, 0.15) is 6.29 Å². The van der Waals surface area contributed by atoms with Crippen molar-refractivity contribution in [1.29, 1.82) is 0 Å². The smallest absolute Gasteiger partial charge is 0.365 e. The van der Waals surface area contributed by atoms with E-state index in [2.05, 4.69) is 0 Å². The molecule has 1 aliphatic rings. The first kappa shape index (κ1) is 14.9. The van der Waals surface area contributed by atoms with Gasteiger partial charge in [0, 0.05) is 23.3 Å². The van der Waals surface area contributed by atoms with Gasteiger partial charge in [-0.3, -0.25) is 4.79 Å². The molecule has 110 valence electrons. The van der Waals surface area contributed by atoms with Crippen molar-refractivity contribution in [2.45, 2.75) is 51.4 Å². The average molecular weight is 285 g/mol. The fourth-order valence-corrected chi connectivity index (χ4v) is 2.99. The third kappa shape index (κ3) is 2.67. The van der Waals surface area contributed by atoms with Crippen LogP contribution in [0.3, 0.4) is 0 Å². The van der Waals surface area contributed by atoms with Crippen LogP contribution in [-0.2, 0) is 6.18 Å². The Morgan fingerprint density at radius 3 is 2.60 bits per heavy atom. The predicted octanol–water partition coefficient (Wildman–Crippen LogP) is 4.29. The lowest BCUT2D eigenvalue weighted by molar-refractivity contribution is -0.137. The number of nitrogens with zero attached hydrogens (tertiary/aromatic N) is 1. The highest BCUT2D eigenvalue weighted by Crippen LogP contribution is 2.41. The van der Waals surface area contributed by atoms with E-state index in [4.69, 9.17) is 0 Å². The number of alkyl halides is 3. The van der Waals surface area contributed by atoms with E-state index in [1.807, 2.05) is 18.7 Å². The molecule has 1 fully saturated rings. The van der Waals surface area contributed by atoms with Crippen LogP contribution in [0.2, 0.25) is 0 Å². The van der Waals surface area contributed by atoms with Crippen LogP contribution in [0.15, 0.2) is 18.2 Å². The van der Waals surface area contributed by atoms with Gasteiger partial charge in [-0.15, -0.1) is 0 Å². The zero-order valence-corrected chi connectivity index (χ0v) is 11.6. The Morgan fingerprint density at radius 2 is 2.05 bits per heavy atom. The summed E-state index contributed by atoms with van der Waals surface area (Å²) in [5, 5.41) is 0. The lowest BCUT2D eigenvalue weighted by atomic mass is 10.1. The maximum absolute atomic E-state index is 13.2. The van der Waals surface area contributed by atoms with Crippen LogP contribution >= 0.6 is 0 Å². The number of carbonyl (C=O) groups is 1. The molecule has 2 unspecified atom stereocenters. The Balaban J connectivity index is 2.52. The summed E-state index contributed by atoms with van der Waals surface area (Å²) in [6, 6.07) is 4.04. The van der Waals surface area contributed by atoms with E-state index < -0.39 is 11.7 Å². The van der Waals surface area contributed by atoms with E-state index in [0.717, 1.165) is 25.3 Å². The normalized spacial score (nSPS) is 23.1. The Labute approximate surface area is 116 Å². The molecule has 0 radical (unpaired) electrons.